The van der Waals surface area contributed by atoms with Crippen molar-refractivity contribution in [3.8, 4) is 17.2 Å². The van der Waals surface area contributed by atoms with Crippen LogP contribution in [0.1, 0.15) is 16.8 Å². The van der Waals surface area contributed by atoms with Gasteiger partial charge < -0.3 is 18.9 Å². The van der Waals surface area contributed by atoms with Crippen molar-refractivity contribution in [3.05, 3.63) is 40.4 Å². The van der Waals surface area contributed by atoms with E-state index in [1.165, 1.54) is 25.6 Å². The third-order valence-corrected chi connectivity index (χ3v) is 7.22. The number of aromatic nitrogens is 1. The van der Waals surface area contributed by atoms with Crippen LogP contribution >= 0.6 is 39.7 Å². The lowest BCUT2D eigenvalue weighted by atomic mass is 10.1. The Hall–Kier alpha value is -2.11. The van der Waals surface area contributed by atoms with Gasteiger partial charge in [-0.3, -0.25) is 14.6 Å². The van der Waals surface area contributed by atoms with Crippen molar-refractivity contribution in [1.82, 2.24) is 9.88 Å². The maximum absolute atomic E-state index is 13.8. The normalized spacial score (nSPS) is 13.8. The molecule has 1 aliphatic heterocycles. The Morgan fingerprint density at radius 3 is 2.43 bits per heavy atom. The molecule has 190 valence electrons. The van der Waals surface area contributed by atoms with E-state index in [1.54, 1.807) is 24.1 Å². The van der Waals surface area contributed by atoms with Crippen LogP contribution in [0.25, 0.3) is 10.2 Å². The molecule has 1 aromatic heterocycles. The standard InChI is InChI=1S/C24H28BrN3O5S.ClH/c1-30-19-13-16(14-20(31-2)22(19)32-3)23(29)28(8-4-7-27-9-11-33-12-10-27)24-26-18-6-5-17(25)15-21(18)34-24;/h5-6,13-15H,4,7-12H2,1-3H3;1H. The van der Waals surface area contributed by atoms with Gasteiger partial charge in [-0.05, 0) is 36.8 Å². The number of nitrogens with zero attached hydrogens (tertiary/aromatic N) is 3. The van der Waals surface area contributed by atoms with E-state index in [9.17, 15) is 4.79 Å². The molecule has 2 aromatic carbocycles. The molecule has 1 fully saturated rings. The van der Waals surface area contributed by atoms with Crippen molar-refractivity contribution in [3.63, 3.8) is 0 Å². The van der Waals surface area contributed by atoms with Gasteiger partial charge in [0.05, 0.1) is 44.8 Å². The van der Waals surface area contributed by atoms with Crippen LogP contribution in [-0.4, -0.2) is 76.5 Å². The lowest BCUT2D eigenvalue weighted by Crippen LogP contribution is -2.39. The summed E-state index contributed by atoms with van der Waals surface area (Å²) in [6.45, 7) is 4.75. The molecule has 8 nitrogen and oxygen atoms in total. The summed E-state index contributed by atoms with van der Waals surface area (Å²) in [7, 11) is 4.62. The van der Waals surface area contributed by atoms with E-state index in [1.807, 2.05) is 18.2 Å². The van der Waals surface area contributed by atoms with Crippen LogP contribution in [0.4, 0.5) is 5.13 Å². The Morgan fingerprint density at radius 2 is 1.80 bits per heavy atom. The second-order valence-corrected chi connectivity index (χ2v) is 9.71. The first-order valence-corrected chi connectivity index (χ1v) is 12.6. The molecule has 0 spiro atoms. The number of thiazole rings is 1. The van der Waals surface area contributed by atoms with Crippen LogP contribution in [-0.2, 0) is 4.74 Å². The Kier molecular flexibility index (Phi) is 9.99. The van der Waals surface area contributed by atoms with Gasteiger partial charge in [-0.15, -0.1) is 12.4 Å². The molecule has 0 aliphatic carbocycles. The van der Waals surface area contributed by atoms with E-state index in [2.05, 4.69) is 20.8 Å². The number of hydrogen-bond acceptors (Lipinski definition) is 8. The van der Waals surface area contributed by atoms with Gasteiger partial charge in [0.15, 0.2) is 16.6 Å². The maximum Gasteiger partial charge on any atom is 0.260 e. The average Bonchev–Trinajstić information content (AvgIpc) is 3.28. The first-order valence-electron chi connectivity index (χ1n) is 11.0. The summed E-state index contributed by atoms with van der Waals surface area (Å²) >= 11 is 5.02. The predicted molar refractivity (Wildman–Crippen MR) is 144 cm³/mol. The largest absolute Gasteiger partial charge is 0.493 e. The number of fused-ring (bicyclic) bond motifs is 1. The van der Waals surface area contributed by atoms with Crippen molar-refractivity contribution in [2.45, 2.75) is 6.42 Å². The van der Waals surface area contributed by atoms with Crippen LogP contribution in [0, 0.1) is 0 Å². The van der Waals surface area contributed by atoms with E-state index in [-0.39, 0.29) is 18.3 Å². The number of benzene rings is 2. The van der Waals surface area contributed by atoms with Crippen molar-refractivity contribution in [2.75, 3.05) is 65.6 Å². The Morgan fingerprint density at radius 1 is 1.11 bits per heavy atom. The molecular weight excluding hydrogens is 558 g/mol. The monoisotopic (exact) mass is 585 g/mol. The molecule has 0 N–H and O–H groups in total. The molecule has 1 saturated heterocycles. The number of ether oxygens (including phenoxy) is 4. The van der Waals surface area contributed by atoms with Gasteiger partial charge in [-0.2, -0.15) is 0 Å². The summed E-state index contributed by atoms with van der Waals surface area (Å²) in [5, 5.41) is 0.661. The average molecular weight is 587 g/mol. The highest BCUT2D eigenvalue weighted by Crippen LogP contribution is 2.39. The van der Waals surface area contributed by atoms with Crippen molar-refractivity contribution in [2.24, 2.45) is 0 Å². The number of carbonyl (C=O) groups excluding carboxylic acids is 1. The highest BCUT2D eigenvalue weighted by Gasteiger charge is 2.25. The maximum atomic E-state index is 13.8. The summed E-state index contributed by atoms with van der Waals surface area (Å²) in [6.07, 6.45) is 0.815. The van der Waals surface area contributed by atoms with Crippen LogP contribution < -0.4 is 19.1 Å². The molecule has 1 aliphatic rings. The highest BCUT2D eigenvalue weighted by atomic mass is 79.9. The van der Waals surface area contributed by atoms with Crippen LogP contribution in [0.2, 0.25) is 0 Å². The Bertz CT molecular complexity index is 1130. The fourth-order valence-electron chi connectivity index (χ4n) is 3.92. The topological polar surface area (TPSA) is 73.4 Å². The number of anilines is 1. The molecule has 0 atom stereocenters. The quantitative estimate of drug-likeness (QED) is 0.354. The van der Waals surface area contributed by atoms with Gasteiger partial charge in [0, 0.05) is 36.2 Å². The molecule has 0 bridgehead atoms. The number of amides is 1. The van der Waals surface area contributed by atoms with Gasteiger partial charge in [0.1, 0.15) is 0 Å². The summed E-state index contributed by atoms with van der Waals surface area (Å²) in [5.41, 5.74) is 1.31. The van der Waals surface area contributed by atoms with Gasteiger partial charge in [-0.1, -0.05) is 27.3 Å². The number of methoxy groups -OCH3 is 3. The van der Waals surface area contributed by atoms with E-state index in [4.69, 9.17) is 23.9 Å². The second kappa shape index (κ2) is 12.7. The molecule has 4 rings (SSSR count). The van der Waals surface area contributed by atoms with Crippen LogP contribution in [0.5, 0.6) is 17.2 Å². The Labute approximate surface area is 223 Å². The number of morpholine rings is 1. The zero-order valence-corrected chi connectivity index (χ0v) is 23.1. The number of carbonyl (C=O) groups is 1. The minimum atomic E-state index is -0.167. The lowest BCUT2D eigenvalue weighted by molar-refractivity contribution is 0.0376. The van der Waals surface area contributed by atoms with Gasteiger partial charge in [0.25, 0.3) is 5.91 Å². The van der Waals surface area contributed by atoms with Gasteiger partial charge in [-0.25, -0.2) is 4.98 Å². The predicted octanol–water partition coefficient (Wildman–Crippen LogP) is 4.88. The number of halogens is 2. The molecule has 0 saturated carbocycles. The third-order valence-electron chi connectivity index (χ3n) is 5.69. The molecule has 0 unspecified atom stereocenters. The molecule has 11 heteroatoms. The van der Waals surface area contributed by atoms with Crippen LogP contribution in [0.3, 0.4) is 0 Å². The first-order chi connectivity index (χ1) is 16.5. The summed E-state index contributed by atoms with van der Waals surface area (Å²) < 4.78 is 23.8. The summed E-state index contributed by atoms with van der Waals surface area (Å²) in [5.74, 6) is 1.16. The highest BCUT2D eigenvalue weighted by molar-refractivity contribution is 9.10. The summed E-state index contributed by atoms with van der Waals surface area (Å²) in [6, 6.07) is 9.29. The SMILES string of the molecule is COc1cc(C(=O)N(CCCN2CCOCC2)c2nc3ccc(Br)cc3s2)cc(OC)c1OC.Cl. The molecule has 3 aromatic rings. The second-order valence-electron chi connectivity index (χ2n) is 7.79. The molecule has 2 heterocycles. The van der Waals surface area contributed by atoms with E-state index < -0.39 is 0 Å². The number of hydrogen-bond donors (Lipinski definition) is 0. The van der Waals surface area contributed by atoms with Crippen molar-refractivity contribution < 1.29 is 23.7 Å². The fourth-order valence-corrected chi connectivity index (χ4v) is 5.47. The number of rotatable bonds is 9. The third kappa shape index (κ3) is 6.37. The molecular formula is C24H29BrClN3O5S. The molecule has 1 amide bonds. The fraction of sp³-hybridized carbons (Fsp3) is 0.417. The zero-order valence-electron chi connectivity index (χ0n) is 19.9. The van der Waals surface area contributed by atoms with E-state index >= 15 is 0 Å². The first kappa shape index (κ1) is 27.5. The van der Waals surface area contributed by atoms with E-state index in [0.717, 1.165) is 54.0 Å². The minimum Gasteiger partial charge on any atom is -0.493 e. The van der Waals surface area contributed by atoms with Crippen LogP contribution in [0.15, 0.2) is 34.8 Å². The lowest BCUT2D eigenvalue weighted by Gasteiger charge is -2.28. The van der Waals surface area contributed by atoms with Gasteiger partial charge in [0.2, 0.25) is 5.75 Å². The Balaban J connectivity index is 0.00000342. The van der Waals surface area contributed by atoms with Crippen molar-refractivity contribution in [1.29, 1.82) is 0 Å². The van der Waals surface area contributed by atoms with Crippen molar-refractivity contribution >= 4 is 60.9 Å². The molecule has 0 radical (unpaired) electrons. The summed E-state index contributed by atoms with van der Waals surface area (Å²) in [4.78, 5) is 22.7. The molecule has 35 heavy (non-hydrogen) atoms. The van der Waals surface area contributed by atoms with E-state index in [0.29, 0.717) is 34.5 Å². The minimum absolute atomic E-state index is 0. The zero-order chi connectivity index (χ0) is 24.1. The smallest absolute Gasteiger partial charge is 0.260 e. The van der Waals surface area contributed by atoms with Gasteiger partial charge >= 0.3 is 0 Å².